The monoisotopic (exact) mass is 682 g/mol. The lowest BCUT2D eigenvalue weighted by molar-refractivity contribution is 0.472. The molecule has 0 radical (unpaired) electrons. The molecule has 0 aromatic heterocycles. The first-order chi connectivity index (χ1) is 22.7. The van der Waals surface area contributed by atoms with Crippen molar-refractivity contribution in [2.45, 2.75) is 23.6 Å². The average Bonchev–Trinajstić information content (AvgIpc) is 3.03. The van der Waals surface area contributed by atoms with Gasteiger partial charge in [-0.15, -0.1) is 10.2 Å². The molecule has 0 saturated carbocycles. The fraction of sp³-hybridized carbons (Fsp3) is 0.0588. The molecule has 0 atom stereocenters. The molecule has 6 aromatic rings. The number of phenolic OH excluding ortho intramolecular Hbond substituents is 2. The summed E-state index contributed by atoms with van der Waals surface area (Å²) in [4.78, 5) is -1.34. The van der Waals surface area contributed by atoms with Crippen molar-refractivity contribution in [3.05, 3.63) is 108 Å². The third-order valence-electron chi connectivity index (χ3n) is 7.72. The second-order valence-electron chi connectivity index (χ2n) is 11.0. The summed E-state index contributed by atoms with van der Waals surface area (Å²) >= 11 is 0. The average molecular weight is 683 g/mol. The van der Waals surface area contributed by atoms with E-state index in [1.165, 1.54) is 6.07 Å². The number of nitrogens with zero attached hydrogens (tertiary/aromatic N) is 4. The Morgan fingerprint density at radius 1 is 0.542 bits per heavy atom. The molecule has 0 spiro atoms. The molecule has 0 bridgehead atoms. The van der Waals surface area contributed by atoms with Gasteiger partial charge in [0.25, 0.3) is 20.2 Å². The van der Waals surface area contributed by atoms with Crippen LogP contribution in [0.15, 0.2) is 127 Å². The van der Waals surface area contributed by atoms with Crippen molar-refractivity contribution >= 4 is 64.5 Å². The van der Waals surface area contributed by atoms with Crippen LogP contribution in [0.3, 0.4) is 0 Å². The van der Waals surface area contributed by atoms with Crippen molar-refractivity contribution in [3.63, 3.8) is 0 Å². The van der Waals surface area contributed by atoms with E-state index >= 15 is 0 Å². The van der Waals surface area contributed by atoms with Crippen molar-refractivity contribution in [1.82, 2.24) is 0 Å². The van der Waals surface area contributed by atoms with Gasteiger partial charge in [0, 0.05) is 10.8 Å². The van der Waals surface area contributed by atoms with Crippen LogP contribution in [0.5, 0.6) is 11.5 Å². The largest absolute Gasteiger partial charge is 0.506 e. The number of phenols is 2. The molecule has 0 heterocycles. The summed E-state index contributed by atoms with van der Waals surface area (Å²) in [6.07, 6.45) is 0. The van der Waals surface area contributed by atoms with Gasteiger partial charge >= 0.3 is 0 Å². The first-order valence-corrected chi connectivity index (χ1v) is 17.1. The van der Waals surface area contributed by atoms with E-state index in [0.29, 0.717) is 17.1 Å². The Bertz CT molecular complexity index is 2570. The van der Waals surface area contributed by atoms with E-state index < -0.39 is 41.5 Å². The molecule has 0 fully saturated rings. The van der Waals surface area contributed by atoms with Crippen molar-refractivity contribution in [2.75, 3.05) is 0 Å². The molecule has 48 heavy (non-hydrogen) atoms. The Labute approximate surface area is 274 Å². The first-order valence-electron chi connectivity index (χ1n) is 14.2. The highest BCUT2D eigenvalue weighted by molar-refractivity contribution is 7.86. The number of hydrogen-bond acceptors (Lipinski definition) is 10. The number of benzene rings is 6. The summed E-state index contributed by atoms with van der Waals surface area (Å²) in [6.45, 7) is 3.78. The second kappa shape index (κ2) is 12.2. The molecule has 0 aliphatic rings. The maximum atomic E-state index is 12.2. The SMILES string of the molecule is Cc1cc(N=Nc2c(S(=O)(=O)O)cc3cc(S(=O)(=O)O)ccc3c2O)ccc1-c1ccc(N=Nc2c(O)ccc3ccccc23)cc1C. The molecule has 4 N–H and O–H groups in total. The minimum atomic E-state index is -4.94. The second-order valence-corrected chi connectivity index (χ2v) is 13.8. The maximum Gasteiger partial charge on any atom is 0.296 e. The minimum Gasteiger partial charge on any atom is -0.506 e. The lowest BCUT2D eigenvalue weighted by Gasteiger charge is -2.11. The predicted molar refractivity (Wildman–Crippen MR) is 181 cm³/mol. The quantitative estimate of drug-likeness (QED) is 0.0944. The normalized spacial score (nSPS) is 12.5. The van der Waals surface area contributed by atoms with E-state index in [2.05, 4.69) is 20.5 Å². The van der Waals surface area contributed by atoms with E-state index in [1.54, 1.807) is 24.3 Å². The first kappa shape index (κ1) is 32.4. The fourth-order valence-electron chi connectivity index (χ4n) is 5.37. The Hall–Kier alpha value is -5.54. The Morgan fingerprint density at radius 2 is 1.15 bits per heavy atom. The molecule has 14 heteroatoms. The van der Waals surface area contributed by atoms with Crippen LogP contribution < -0.4 is 0 Å². The van der Waals surface area contributed by atoms with Crippen LogP contribution in [-0.2, 0) is 20.2 Å². The molecule has 0 aliphatic carbocycles. The highest BCUT2D eigenvalue weighted by atomic mass is 32.2. The van der Waals surface area contributed by atoms with E-state index in [0.717, 1.165) is 51.2 Å². The van der Waals surface area contributed by atoms with E-state index in [4.69, 9.17) is 0 Å². The zero-order valence-corrected chi connectivity index (χ0v) is 26.9. The summed E-state index contributed by atoms with van der Waals surface area (Å²) in [6, 6.07) is 25.8. The van der Waals surface area contributed by atoms with E-state index in [-0.39, 0.29) is 16.5 Å². The van der Waals surface area contributed by atoms with Crippen LogP contribution in [0.25, 0.3) is 32.7 Å². The van der Waals surface area contributed by atoms with Gasteiger partial charge in [0.05, 0.1) is 16.3 Å². The predicted octanol–water partition coefficient (Wildman–Crippen LogP) is 9.01. The van der Waals surface area contributed by atoms with Gasteiger partial charge in [0.15, 0.2) is 5.75 Å². The van der Waals surface area contributed by atoms with E-state index in [9.17, 15) is 36.2 Å². The number of aryl methyl sites for hydroxylation is 2. The summed E-state index contributed by atoms with van der Waals surface area (Å²) in [5.74, 6) is -0.638. The molecular formula is C34H26N4O8S2. The van der Waals surface area contributed by atoms with Crippen molar-refractivity contribution in [2.24, 2.45) is 20.5 Å². The maximum absolute atomic E-state index is 12.2. The molecule has 0 aliphatic heterocycles. The van der Waals surface area contributed by atoms with E-state index in [1.807, 2.05) is 62.4 Å². The van der Waals surface area contributed by atoms with Gasteiger partial charge in [0.2, 0.25) is 0 Å². The fourth-order valence-corrected chi connectivity index (χ4v) is 6.55. The van der Waals surface area contributed by atoms with Gasteiger partial charge in [-0.1, -0.05) is 42.5 Å². The highest BCUT2D eigenvalue weighted by Crippen LogP contribution is 2.42. The molecule has 6 aromatic carbocycles. The number of azo groups is 2. The minimum absolute atomic E-state index is 0.0163. The third kappa shape index (κ3) is 6.37. The van der Waals surface area contributed by atoms with Gasteiger partial charge in [0.1, 0.15) is 22.0 Å². The number of hydrogen-bond donors (Lipinski definition) is 4. The van der Waals surface area contributed by atoms with Gasteiger partial charge in [-0.25, -0.2) is 0 Å². The van der Waals surface area contributed by atoms with Crippen molar-refractivity contribution in [1.29, 1.82) is 0 Å². The molecule has 6 rings (SSSR count). The van der Waals surface area contributed by atoms with Gasteiger partial charge in [-0.3, -0.25) is 9.11 Å². The number of rotatable bonds is 7. The molecule has 0 saturated heterocycles. The van der Waals surface area contributed by atoms with Crippen LogP contribution in [0, 0.1) is 13.8 Å². The van der Waals surface area contributed by atoms with Crippen LogP contribution in [0.1, 0.15) is 11.1 Å². The summed E-state index contributed by atoms with van der Waals surface area (Å²) in [7, 11) is -9.56. The smallest absolute Gasteiger partial charge is 0.296 e. The zero-order chi connectivity index (χ0) is 34.4. The number of fused-ring (bicyclic) bond motifs is 2. The summed E-state index contributed by atoms with van der Waals surface area (Å²) < 4.78 is 66.7. The lowest BCUT2D eigenvalue weighted by Crippen LogP contribution is -2.00. The molecule has 0 amide bonds. The number of aromatic hydroxyl groups is 2. The highest BCUT2D eigenvalue weighted by Gasteiger charge is 2.23. The third-order valence-corrected chi connectivity index (χ3v) is 9.44. The van der Waals surface area contributed by atoms with Gasteiger partial charge in [-0.05, 0) is 101 Å². The summed E-state index contributed by atoms with van der Waals surface area (Å²) in [5.41, 5.74) is 4.23. The zero-order valence-electron chi connectivity index (χ0n) is 25.3. The topological polar surface area (TPSA) is 199 Å². The molecule has 0 unspecified atom stereocenters. The van der Waals surface area contributed by atoms with Crippen LogP contribution >= 0.6 is 0 Å². The van der Waals surface area contributed by atoms with Crippen LogP contribution in [-0.4, -0.2) is 36.2 Å². The summed E-state index contributed by atoms with van der Waals surface area (Å²) in [5, 5.41) is 39.6. The van der Waals surface area contributed by atoms with Gasteiger partial charge < -0.3 is 10.2 Å². The Kier molecular flexibility index (Phi) is 8.26. The van der Waals surface area contributed by atoms with Crippen LogP contribution in [0.4, 0.5) is 22.7 Å². The Balaban J connectivity index is 1.30. The molecule has 12 nitrogen and oxygen atoms in total. The van der Waals surface area contributed by atoms with Gasteiger partial charge in [-0.2, -0.15) is 27.1 Å². The van der Waals surface area contributed by atoms with Crippen molar-refractivity contribution in [3.8, 4) is 22.6 Å². The Morgan fingerprint density at radius 3 is 1.73 bits per heavy atom. The molecular weight excluding hydrogens is 657 g/mol. The molecule has 242 valence electrons. The lowest BCUT2D eigenvalue weighted by atomic mass is 9.96. The standard InChI is InChI=1S/C34H26N4O8S2/c1-19-15-23(35-37-32-28-6-4-3-5-21(28)7-14-30(32)39)8-11-26(19)27-12-9-24(16-20(27)2)36-38-33-31(48(44,45)46)18-22-17-25(47(41,42)43)10-13-29(22)34(33)40/h3-18,39-40H,1-2H3,(H,41,42,43)(H,44,45,46). The van der Waals surface area contributed by atoms with Crippen LogP contribution in [0.2, 0.25) is 0 Å². The van der Waals surface area contributed by atoms with Crippen molar-refractivity contribution < 1.29 is 36.2 Å².